The lowest BCUT2D eigenvalue weighted by atomic mass is 9.79. The van der Waals surface area contributed by atoms with Gasteiger partial charge in [0.15, 0.2) is 0 Å². The zero-order chi connectivity index (χ0) is 11.6. The van der Waals surface area contributed by atoms with E-state index < -0.39 is 0 Å². The van der Waals surface area contributed by atoms with E-state index in [-0.39, 0.29) is 11.0 Å². The van der Waals surface area contributed by atoms with E-state index in [2.05, 4.69) is 13.8 Å². The Labute approximate surface area is 104 Å². The maximum Gasteiger partial charge on any atom is 0.0631 e. The highest BCUT2D eigenvalue weighted by Gasteiger charge is 2.39. The second-order valence-electron chi connectivity index (χ2n) is 6.03. The topological polar surface area (TPSA) is 18.5 Å². The Morgan fingerprint density at radius 1 is 1.31 bits per heavy atom. The molecule has 94 valence electrons. The van der Waals surface area contributed by atoms with E-state index in [0.29, 0.717) is 12.0 Å². The first-order chi connectivity index (χ1) is 7.55. The summed E-state index contributed by atoms with van der Waals surface area (Å²) in [6.07, 6.45) is 6.12. The third kappa shape index (κ3) is 2.91. The molecule has 0 amide bonds. The summed E-state index contributed by atoms with van der Waals surface area (Å²) in [7, 11) is 0. The van der Waals surface area contributed by atoms with Gasteiger partial charge in [-0.1, -0.05) is 0 Å². The fourth-order valence-electron chi connectivity index (χ4n) is 2.94. The van der Waals surface area contributed by atoms with Crippen LogP contribution in [-0.2, 0) is 9.47 Å². The average molecular weight is 247 g/mol. The van der Waals surface area contributed by atoms with Crippen LogP contribution in [-0.4, -0.2) is 30.8 Å². The number of hydrogen-bond donors (Lipinski definition) is 0. The van der Waals surface area contributed by atoms with Crippen LogP contribution in [0.1, 0.15) is 46.0 Å². The van der Waals surface area contributed by atoms with E-state index in [1.807, 2.05) is 0 Å². The quantitative estimate of drug-likeness (QED) is 0.711. The van der Waals surface area contributed by atoms with E-state index in [1.54, 1.807) is 0 Å². The van der Waals surface area contributed by atoms with Crippen molar-refractivity contribution in [3.8, 4) is 0 Å². The van der Waals surface area contributed by atoms with Crippen molar-refractivity contribution in [2.75, 3.05) is 19.1 Å². The predicted molar refractivity (Wildman–Crippen MR) is 66.0 cm³/mol. The van der Waals surface area contributed by atoms with Crippen molar-refractivity contribution < 1.29 is 9.47 Å². The molecule has 0 N–H and O–H groups in total. The van der Waals surface area contributed by atoms with Gasteiger partial charge in [-0.25, -0.2) is 0 Å². The minimum absolute atomic E-state index is 0.0632. The summed E-state index contributed by atoms with van der Waals surface area (Å²) >= 11 is 6.15. The molecule has 0 saturated carbocycles. The molecule has 2 saturated heterocycles. The van der Waals surface area contributed by atoms with Crippen LogP contribution in [0.4, 0.5) is 0 Å². The Hall–Kier alpha value is 0.210. The van der Waals surface area contributed by atoms with Crippen LogP contribution in [0.3, 0.4) is 0 Å². The Bertz CT molecular complexity index is 234. The van der Waals surface area contributed by atoms with E-state index in [9.17, 15) is 0 Å². The largest absolute Gasteiger partial charge is 0.381 e. The van der Waals surface area contributed by atoms with Gasteiger partial charge in [0, 0.05) is 17.9 Å². The molecule has 0 bridgehead atoms. The lowest BCUT2D eigenvalue weighted by Gasteiger charge is -2.37. The number of halogens is 1. The Morgan fingerprint density at radius 3 is 2.62 bits per heavy atom. The second-order valence-corrected chi connectivity index (χ2v) is 6.30. The monoisotopic (exact) mass is 246 g/mol. The molecular weight excluding hydrogens is 224 g/mol. The van der Waals surface area contributed by atoms with Gasteiger partial charge in [-0.15, -0.1) is 11.6 Å². The zero-order valence-electron chi connectivity index (χ0n) is 10.4. The number of ether oxygens (including phenoxy) is 2. The summed E-state index contributed by atoms with van der Waals surface area (Å²) in [4.78, 5) is 0. The Balaban J connectivity index is 1.91. The van der Waals surface area contributed by atoms with Crippen molar-refractivity contribution in [1.82, 2.24) is 0 Å². The van der Waals surface area contributed by atoms with Gasteiger partial charge in [0.25, 0.3) is 0 Å². The Morgan fingerprint density at radius 2 is 2.12 bits per heavy atom. The molecule has 2 fully saturated rings. The first-order valence-corrected chi connectivity index (χ1v) is 6.90. The molecule has 2 unspecified atom stereocenters. The molecule has 2 atom stereocenters. The van der Waals surface area contributed by atoms with E-state index >= 15 is 0 Å². The second kappa shape index (κ2) is 4.83. The first kappa shape index (κ1) is 12.7. The molecule has 2 aliphatic rings. The van der Waals surface area contributed by atoms with Gasteiger partial charge >= 0.3 is 0 Å². The minimum atomic E-state index is 0.0632. The highest BCUT2D eigenvalue weighted by atomic mass is 35.5. The highest BCUT2D eigenvalue weighted by molar-refractivity contribution is 6.18. The van der Waals surface area contributed by atoms with E-state index in [1.165, 1.54) is 12.8 Å². The van der Waals surface area contributed by atoms with Crippen molar-refractivity contribution in [3.63, 3.8) is 0 Å². The maximum atomic E-state index is 6.15. The molecule has 0 spiro atoms. The maximum absolute atomic E-state index is 6.15. The molecule has 2 aliphatic heterocycles. The Kier molecular flexibility index (Phi) is 3.82. The average Bonchev–Trinajstić information content (AvgIpc) is 2.59. The highest BCUT2D eigenvalue weighted by Crippen LogP contribution is 2.40. The molecule has 0 radical (unpaired) electrons. The standard InChI is InChI=1S/C13H23ClO2/c1-12(2)6-4-11(16-12)8-13(9-14)5-3-7-15-10-13/h11H,3-10H2,1-2H3. The fourth-order valence-corrected chi connectivity index (χ4v) is 3.26. The van der Waals surface area contributed by atoms with Crippen LogP contribution in [0.25, 0.3) is 0 Å². The van der Waals surface area contributed by atoms with Crippen LogP contribution >= 0.6 is 11.6 Å². The van der Waals surface area contributed by atoms with Gasteiger partial charge in [0.05, 0.1) is 18.3 Å². The molecule has 2 rings (SSSR count). The summed E-state index contributed by atoms with van der Waals surface area (Å²) in [5, 5.41) is 0. The van der Waals surface area contributed by atoms with Crippen molar-refractivity contribution >= 4 is 11.6 Å². The van der Waals surface area contributed by atoms with Gasteiger partial charge in [-0.3, -0.25) is 0 Å². The summed E-state index contributed by atoms with van der Waals surface area (Å²) < 4.78 is 11.7. The molecule has 0 aliphatic carbocycles. The summed E-state index contributed by atoms with van der Waals surface area (Å²) in [6, 6.07) is 0. The van der Waals surface area contributed by atoms with Crippen LogP contribution in [0, 0.1) is 5.41 Å². The van der Waals surface area contributed by atoms with Gasteiger partial charge in [0.2, 0.25) is 0 Å². The van der Waals surface area contributed by atoms with Crippen LogP contribution < -0.4 is 0 Å². The molecule has 0 aromatic rings. The number of alkyl halides is 1. The van der Waals surface area contributed by atoms with Gasteiger partial charge < -0.3 is 9.47 Å². The SMILES string of the molecule is CC1(C)CCC(CC2(CCl)CCCOC2)O1. The predicted octanol–water partition coefficient (Wildman–Crippen LogP) is 3.37. The molecule has 16 heavy (non-hydrogen) atoms. The molecule has 0 aromatic carbocycles. The first-order valence-electron chi connectivity index (χ1n) is 6.37. The van der Waals surface area contributed by atoms with E-state index in [4.69, 9.17) is 21.1 Å². The molecule has 2 nitrogen and oxygen atoms in total. The normalized spacial score (nSPS) is 38.8. The molecule has 3 heteroatoms. The molecular formula is C13H23ClO2. The fraction of sp³-hybridized carbons (Fsp3) is 1.00. The summed E-state index contributed by atoms with van der Waals surface area (Å²) in [5.74, 6) is 0.702. The van der Waals surface area contributed by atoms with Crippen LogP contribution in [0.15, 0.2) is 0 Å². The summed E-state index contributed by atoms with van der Waals surface area (Å²) in [6.45, 7) is 6.07. The molecule has 0 aromatic heterocycles. The van der Waals surface area contributed by atoms with Crippen LogP contribution in [0.2, 0.25) is 0 Å². The van der Waals surface area contributed by atoms with Gasteiger partial charge in [-0.05, 0) is 46.0 Å². The smallest absolute Gasteiger partial charge is 0.0631 e. The number of hydrogen-bond acceptors (Lipinski definition) is 2. The summed E-state index contributed by atoms with van der Waals surface area (Å²) in [5.41, 5.74) is 0.235. The zero-order valence-corrected chi connectivity index (χ0v) is 11.2. The van der Waals surface area contributed by atoms with E-state index in [0.717, 1.165) is 32.5 Å². The van der Waals surface area contributed by atoms with Gasteiger partial charge in [0.1, 0.15) is 0 Å². The van der Waals surface area contributed by atoms with Crippen molar-refractivity contribution in [2.45, 2.75) is 57.7 Å². The van der Waals surface area contributed by atoms with Crippen LogP contribution in [0.5, 0.6) is 0 Å². The van der Waals surface area contributed by atoms with Crippen molar-refractivity contribution in [1.29, 1.82) is 0 Å². The van der Waals surface area contributed by atoms with Gasteiger partial charge in [-0.2, -0.15) is 0 Å². The minimum Gasteiger partial charge on any atom is -0.381 e. The van der Waals surface area contributed by atoms with Crippen molar-refractivity contribution in [2.24, 2.45) is 5.41 Å². The lowest BCUT2D eigenvalue weighted by molar-refractivity contribution is -0.0628. The van der Waals surface area contributed by atoms with Crippen molar-refractivity contribution in [3.05, 3.63) is 0 Å². The number of rotatable bonds is 3. The third-order valence-corrected chi connectivity index (χ3v) is 4.47. The third-order valence-electron chi connectivity index (χ3n) is 3.90. The lowest BCUT2D eigenvalue weighted by Crippen LogP contribution is -2.37. The molecule has 2 heterocycles.